The average Bonchev–Trinajstić information content (AvgIpc) is 2.36. The maximum Gasteiger partial charge on any atom is 0.251 e. The second-order valence-corrected chi connectivity index (χ2v) is 4.57. The first-order valence-corrected chi connectivity index (χ1v) is 6.69. The molecule has 4 nitrogen and oxygen atoms in total. The van der Waals surface area contributed by atoms with E-state index < -0.39 is 0 Å². The Balaban J connectivity index is 2.59. The van der Waals surface area contributed by atoms with Crippen LogP contribution in [-0.4, -0.2) is 16.9 Å². The lowest BCUT2D eigenvalue weighted by Crippen LogP contribution is -2.34. The van der Waals surface area contributed by atoms with Gasteiger partial charge in [0, 0.05) is 17.8 Å². The molecule has 0 aromatic carbocycles. The molecule has 1 rings (SSSR count). The number of nitrogens with zero attached hydrogens (tertiary/aromatic N) is 1. The number of anilines is 1. The molecular weight excluding hydrogens is 226 g/mol. The second-order valence-electron chi connectivity index (χ2n) is 4.57. The summed E-state index contributed by atoms with van der Waals surface area (Å²) in [6.45, 7) is 4.30. The fourth-order valence-electron chi connectivity index (χ4n) is 1.95. The molecular formula is C14H23N3O. The summed E-state index contributed by atoms with van der Waals surface area (Å²) in [5.74, 6) is 0.321. The van der Waals surface area contributed by atoms with Gasteiger partial charge in [-0.1, -0.05) is 33.1 Å². The standard InChI is InChI=1S/C14H23N3O/c1-3-5-7-12(6-4-2)17-14(18)11-8-9-16-13(15)10-11/h8-10,12H,3-7H2,1-2H3,(H2,15,16)(H,17,18). The lowest BCUT2D eigenvalue weighted by molar-refractivity contribution is 0.0932. The molecule has 0 aliphatic carbocycles. The third-order valence-electron chi connectivity index (χ3n) is 2.92. The van der Waals surface area contributed by atoms with Crippen LogP contribution in [0.2, 0.25) is 0 Å². The third kappa shape index (κ3) is 4.73. The highest BCUT2D eigenvalue weighted by Gasteiger charge is 2.12. The van der Waals surface area contributed by atoms with Gasteiger partial charge in [-0.2, -0.15) is 0 Å². The van der Waals surface area contributed by atoms with Crippen LogP contribution in [0.3, 0.4) is 0 Å². The molecule has 100 valence electrons. The van der Waals surface area contributed by atoms with Crippen molar-refractivity contribution in [1.29, 1.82) is 0 Å². The Morgan fingerprint density at radius 2 is 2.17 bits per heavy atom. The molecule has 0 fully saturated rings. The number of hydrogen-bond donors (Lipinski definition) is 2. The van der Waals surface area contributed by atoms with Crippen molar-refractivity contribution in [3.8, 4) is 0 Å². The van der Waals surface area contributed by atoms with Gasteiger partial charge in [-0.3, -0.25) is 4.79 Å². The smallest absolute Gasteiger partial charge is 0.251 e. The molecule has 3 N–H and O–H groups in total. The molecule has 1 aromatic heterocycles. The summed E-state index contributed by atoms with van der Waals surface area (Å²) >= 11 is 0. The van der Waals surface area contributed by atoms with Gasteiger partial charge in [-0.25, -0.2) is 4.98 Å². The van der Waals surface area contributed by atoms with E-state index in [1.54, 1.807) is 18.3 Å². The molecule has 18 heavy (non-hydrogen) atoms. The molecule has 0 aliphatic heterocycles. The summed E-state index contributed by atoms with van der Waals surface area (Å²) in [6.07, 6.45) is 6.99. The number of pyridine rings is 1. The first kappa shape index (κ1) is 14.5. The van der Waals surface area contributed by atoms with E-state index in [0.29, 0.717) is 11.4 Å². The Kier molecular flexibility index (Phi) is 6.19. The average molecular weight is 249 g/mol. The number of unbranched alkanes of at least 4 members (excludes halogenated alkanes) is 1. The molecule has 1 amide bonds. The van der Waals surface area contributed by atoms with Crippen LogP contribution in [0, 0.1) is 0 Å². The van der Waals surface area contributed by atoms with E-state index in [4.69, 9.17) is 5.73 Å². The SMILES string of the molecule is CCCCC(CCC)NC(=O)c1ccnc(N)c1. The maximum absolute atomic E-state index is 12.1. The predicted molar refractivity (Wildman–Crippen MR) is 74.3 cm³/mol. The quantitative estimate of drug-likeness (QED) is 0.780. The first-order valence-electron chi connectivity index (χ1n) is 6.69. The lowest BCUT2D eigenvalue weighted by Gasteiger charge is -2.17. The number of nitrogens with one attached hydrogen (secondary N) is 1. The van der Waals surface area contributed by atoms with Crippen molar-refractivity contribution < 1.29 is 4.79 Å². The van der Waals surface area contributed by atoms with E-state index >= 15 is 0 Å². The van der Waals surface area contributed by atoms with Gasteiger partial charge in [-0.05, 0) is 25.0 Å². The van der Waals surface area contributed by atoms with Crippen LogP contribution >= 0.6 is 0 Å². The van der Waals surface area contributed by atoms with Crippen molar-refractivity contribution in [2.75, 3.05) is 5.73 Å². The van der Waals surface area contributed by atoms with E-state index in [0.717, 1.165) is 32.1 Å². The number of carbonyl (C=O) groups excluding carboxylic acids is 1. The summed E-state index contributed by atoms with van der Waals surface area (Å²) in [5.41, 5.74) is 6.16. The highest BCUT2D eigenvalue weighted by Crippen LogP contribution is 2.09. The number of carbonyl (C=O) groups is 1. The van der Waals surface area contributed by atoms with E-state index in [1.165, 1.54) is 0 Å². The normalized spacial score (nSPS) is 12.1. The highest BCUT2D eigenvalue weighted by atomic mass is 16.1. The minimum atomic E-state index is -0.0568. The van der Waals surface area contributed by atoms with Crippen LogP contribution in [0.4, 0.5) is 5.82 Å². The lowest BCUT2D eigenvalue weighted by atomic mass is 10.0. The van der Waals surface area contributed by atoms with Gasteiger partial charge in [0.2, 0.25) is 0 Å². The topological polar surface area (TPSA) is 68.0 Å². The Labute approximate surface area is 109 Å². The molecule has 0 radical (unpaired) electrons. The molecule has 0 saturated heterocycles. The van der Waals surface area contributed by atoms with E-state index in [-0.39, 0.29) is 11.9 Å². The van der Waals surface area contributed by atoms with Crippen molar-refractivity contribution >= 4 is 11.7 Å². The molecule has 1 atom stereocenters. The molecule has 1 aromatic rings. The molecule has 1 unspecified atom stereocenters. The maximum atomic E-state index is 12.1. The van der Waals surface area contributed by atoms with E-state index in [2.05, 4.69) is 24.1 Å². The van der Waals surface area contributed by atoms with Crippen LogP contribution in [0.1, 0.15) is 56.3 Å². The fourth-order valence-corrected chi connectivity index (χ4v) is 1.95. The van der Waals surface area contributed by atoms with Crippen LogP contribution in [-0.2, 0) is 0 Å². The molecule has 0 spiro atoms. The fraction of sp³-hybridized carbons (Fsp3) is 0.571. The van der Waals surface area contributed by atoms with Gasteiger partial charge in [0.05, 0.1) is 0 Å². The van der Waals surface area contributed by atoms with Crippen molar-refractivity contribution in [3.63, 3.8) is 0 Å². The van der Waals surface area contributed by atoms with Gasteiger partial charge < -0.3 is 11.1 Å². The third-order valence-corrected chi connectivity index (χ3v) is 2.92. The first-order chi connectivity index (χ1) is 8.67. The van der Waals surface area contributed by atoms with Gasteiger partial charge in [0.15, 0.2) is 0 Å². The number of nitrogen functional groups attached to an aromatic ring is 1. The van der Waals surface area contributed by atoms with Crippen LogP contribution in [0.5, 0.6) is 0 Å². The Morgan fingerprint density at radius 3 is 2.78 bits per heavy atom. The zero-order valence-electron chi connectivity index (χ0n) is 11.3. The van der Waals surface area contributed by atoms with E-state index in [9.17, 15) is 4.79 Å². The van der Waals surface area contributed by atoms with Crippen molar-refractivity contribution in [2.24, 2.45) is 0 Å². The predicted octanol–water partition coefficient (Wildman–Crippen LogP) is 2.75. The van der Waals surface area contributed by atoms with Crippen LogP contribution < -0.4 is 11.1 Å². The molecule has 0 bridgehead atoms. The summed E-state index contributed by atoms with van der Waals surface area (Å²) in [7, 11) is 0. The van der Waals surface area contributed by atoms with Gasteiger partial charge in [0.1, 0.15) is 5.82 Å². The Bertz CT molecular complexity index is 379. The number of nitrogens with two attached hydrogens (primary N) is 1. The second kappa shape index (κ2) is 7.69. The highest BCUT2D eigenvalue weighted by molar-refractivity contribution is 5.94. The Morgan fingerprint density at radius 1 is 1.39 bits per heavy atom. The molecule has 1 heterocycles. The number of rotatable bonds is 7. The Hall–Kier alpha value is -1.58. The molecule has 4 heteroatoms. The largest absolute Gasteiger partial charge is 0.384 e. The zero-order chi connectivity index (χ0) is 13.4. The number of aromatic nitrogens is 1. The van der Waals surface area contributed by atoms with Crippen molar-refractivity contribution in [3.05, 3.63) is 23.9 Å². The van der Waals surface area contributed by atoms with Crippen LogP contribution in [0.25, 0.3) is 0 Å². The minimum absolute atomic E-state index is 0.0568. The van der Waals surface area contributed by atoms with Crippen LogP contribution in [0.15, 0.2) is 18.3 Å². The molecule has 0 saturated carbocycles. The number of amides is 1. The molecule has 0 aliphatic rings. The van der Waals surface area contributed by atoms with Gasteiger partial charge in [0.25, 0.3) is 5.91 Å². The zero-order valence-corrected chi connectivity index (χ0v) is 11.3. The van der Waals surface area contributed by atoms with Crippen molar-refractivity contribution in [2.45, 2.75) is 52.0 Å². The van der Waals surface area contributed by atoms with Gasteiger partial charge >= 0.3 is 0 Å². The van der Waals surface area contributed by atoms with E-state index in [1.807, 2.05) is 0 Å². The summed E-state index contributed by atoms with van der Waals surface area (Å²) in [4.78, 5) is 15.9. The number of hydrogen-bond acceptors (Lipinski definition) is 3. The van der Waals surface area contributed by atoms with Crippen molar-refractivity contribution in [1.82, 2.24) is 10.3 Å². The summed E-state index contributed by atoms with van der Waals surface area (Å²) in [5, 5.41) is 3.07. The minimum Gasteiger partial charge on any atom is -0.384 e. The van der Waals surface area contributed by atoms with Gasteiger partial charge in [-0.15, -0.1) is 0 Å². The summed E-state index contributed by atoms with van der Waals surface area (Å²) < 4.78 is 0. The summed E-state index contributed by atoms with van der Waals surface area (Å²) in [6, 6.07) is 3.56. The monoisotopic (exact) mass is 249 g/mol.